The maximum absolute atomic E-state index is 11.3. The molecule has 1 N–H and O–H groups in total. The van der Waals surface area contributed by atoms with E-state index in [-0.39, 0.29) is 11.2 Å². The molecular formula is C17H13N3O2S. The highest BCUT2D eigenvalue weighted by atomic mass is 32.1. The molecule has 0 atom stereocenters. The molecule has 0 spiro atoms. The molecule has 4 aromatic rings. The Morgan fingerprint density at radius 1 is 1.17 bits per heavy atom. The van der Waals surface area contributed by atoms with Crippen LogP contribution in [0.25, 0.3) is 21.5 Å². The Hall–Kier alpha value is -2.86. The van der Waals surface area contributed by atoms with Gasteiger partial charge in [-0.15, -0.1) is 11.3 Å². The predicted octanol–water partition coefficient (Wildman–Crippen LogP) is 3.14. The molecule has 5 nitrogen and oxygen atoms in total. The number of para-hydroxylation sites is 1. The average molecular weight is 323 g/mol. The van der Waals surface area contributed by atoms with E-state index >= 15 is 0 Å². The third-order valence-corrected chi connectivity index (χ3v) is 4.53. The first-order valence-corrected chi connectivity index (χ1v) is 7.97. The fourth-order valence-corrected chi connectivity index (χ4v) is 3.33. The monoisotopic (exact) mass is 323 g/mol. The summed E-state index contributed by atoms with van der Waals surface area (Å²) in [6, 6.07) is 9.49. The number of aromatic nitrogens is 3. The first-order valence-electron chi connectivity index (χ1n) is 7.09. The lowest BCUT2D eigenvalue weighted by Crippen LogP contribution is -2.10. The Balaban J connectivity index is 1.84. The Morgan fingerprint density at radius 3 is 2.83 bits per heavy atom. The average Bonchev–Trinajstić information content (AvgIpc) is 3.19. The van der Waals surface area contributed by atoms with Crippen molar-refractivity contribution < 1.29 is 5.11 Å². The highest BCUT2D eigenvalue weighted by Gasteiger charge is 2.11. The Kier molecular flexibility index (Phi) is 3.24. The normalized spacial score (nSPS) is 11.1. The minimum Gasteiger partial charge on any atom is -0.503 e. The van der Waals surface area contributed by atoms with Crippen LogP contribution >= 0.6 is 11.3 Å². The van der Waals surface area contributed by atoms with Gasteiger partial charge in [-0.25, -0.2) is 4.98 Å². The lowest BCUT2D eigenvalue weighted by molar-refractivity contribution is 0.458. The lowest BCUT2D eigenvalue weighted by atomic mass is 10.2. The van der Waals surface area contributed by atoms with Crippen molar-refractivity contribution in [3.8, 4) is 16.3 Å². The summed E-state index contributed by atoms with van der Waals surface area (Å²) < 4.78 is 3.85. The summed E-state index contributed by atoms with van der Waals surface area (Å²) in [6.45, 7) is 0.500. The minimum atomic E-state index is -0.373. The molecule has 114 valence electrons. The molecule has 3 heterocycles. The summed E-state index contributed by atoms with van der Waals surface area (Å²) in [5.74, 6) is -0.246. The first kappa shape index (κ1) is 13.8. The summed E-state index contributed by atoms with van der Waals surface area (Å²) in [6.07, 6.45) is 6.96. The number of hydrogen-bond donors (Lipinski definition) is 1. The Labute approximate surface area is 135 Å². The maximum atomic E-state index is 11.3. The van der Waals surface area contributed by atoms with E-state index in [1.165, 1.54) is 12.3 Å². The van der Waals surface area contributed by atoms with Crippen LogP contribution in [0.5, 0.6) is 5.75 Å². The highest BCUT2D eigenvalue weighted by molar-refractivity contribution is 7.13. The molecule has 0 unspecified atom stereocenters. The molecule has 6 heteroatoms. The van der Waals surface area contributed by atoms with Crippen molar-refractivity contribution >= 4 is 22.2 Å². The minimum absolute atomic E-state index is 0.246. The van der Waals surface area contributed by atoms with Crippen LogP contribution in [0.1, 0.15) is 0 Å². The second-order valence-corrected chi connectivity index (χ2v) is 6.11. The largest absolute Gasteiger partial charge is 0.503 e. The van der Waals surface area contributed by atoms with Gasteiger partial charge in [0.15, 0.2) is 5.75 Å². The second kappa shape index (κ2) is 5.40. The summed E-state index contributed by atoms with van der Waals surface area (Å²) in [7, 11) is 0. The molecule has 3 aromatic heterocycles. The van der Waals surface area contributed by atoms with E-state index in [9.17, 15) is 9.90 Å². The van der Waals surface area contributed by atoms with Crippen molar-refractivity contribution in [3.05, 3.63) is 70.7 Å². The van der Waals surface area contributed by atoms with Crippen LogP contribution < -0.4 is 5.43 Å². The number of thiazole rings is 1. The molecule has 0 aliphatic heterocycles. The first-order chi connectivity index (χ1) is 11.2. The molecule has 23 heavy (non-hydrogen) atoms. The summed E-state index contributed by atoms with van der Waals surface area (Å²) in [4.78, 5) is 15.7. The molecule has 0 bridgehead atoms. The molecule has 0 aliphatic rings. The van der Waals surface area contributed by atoms with E-state index in [0.717, 1.165) is 21.5 Å². The van der Waals surface area contributed by atoms with Crippen molar-refractivity contribution in [2.75, 3.05) is 0 Å². The van der Waals surface area contributed by atoms with Gasteiger partial charge in [0.1, 0.15) is 5.01 Å². The fraction of sp³-hybridized carbons (Fsp3) is 0.0588. The van der Waals surface area contributed by atoms with E-state index in [1.807, 2.05) is 17.5 Å². The number of aromatic hydroxyl groups is 1. The third kappa shape index (κ3) is 2.43. The standard InChI is InChI=1S/C17H13N3O2S/c21-15-5-7-19(10-16(15)22)11-20-9-13(17-18-6-8-23-17)12-3-1-2-4-14(12)20/h1-10,22H,11H2. The van der Waals surface area contributed by atoms with Gasteiger partial charge in [0.2, 0.25) is 5.43 Å². The molecule has 0 saturated carbocycles. The molecule has 0 saturated heterocycles. The molecule has 0 amide bonds. The number of pyridine rings is 1. The topological polar surface area (TPSA) is 60.0 Å². The van der Waals surface area contributed by atoms with Crippen LogP contribution in [0.3, 0.4) is 0 Å². The van der Waals surface area contributed by atoms with E-state index in [2.05, 4.69) is 27.9 Å². The number of rotatable bonds is 3. The van der Waals surface area contributed by atoms with Gasteiger partial charge in [-0.05, 0) is 6.07 Å². The predicted molar refractivity (Wildman–Crippen MR) is 90.8 cm³/mol. The quantitative estimate of drug-likeness (QED) is 0.630. The third-order valence-electron chi connectivity index (χ3n) is 3.72. The van der Waals surface area contributed by atoms with E-state index < -0.39 is 0 Å². The van der Waals surface area contributed by atoms with Crippen LogP contribution in [0.2, 0.25) is 0 Å². The molecule has 1 aromatic carbocycles. The zero-order valence-electron chi connectivity index (χ0n) is 12.1. The molecule has 0 fully saturated rings. The van der Waals surface area contributed by atoms with Gasteiger partial charge in [-0.3, -0.25) is 4.79 Å². The number of fused-ring (bicyclic) bond motifs is 1. The van der Waals surface area contributed by atoms with Crippen molar-refractivity contribution in [3.63, 3.8) is 0 Å². The van der Waals surface area contributed by atoms with Gasteiger partial charge in [0, 0.05) is 41.0 Å². The van der Waals surface area contributed by atoms with Gasteiger partial charge in [-0.2, -0.15) is 0 Å². The zero-order chi connectivity index (χ0) is 15.8. The van der Waals surface area contributed by atoms with Crippen LogP contribution in [0.15, 0.2) is 65.3 Å². The number of benzene rings is 1. The van der Waals surface area contributed by atoms with E-state index in [4.69, 9.17) is 0 Å². The second-order valence-electron chi connectivity index (χ2n) is 5.22. The van der Waals surface area contributed by atoms with Crippen LogP contribution in [0, 0.1) is 0 Å². The van der Waals surface area contributed by atoms with E-state index in [1.54, 1.807) is 28.3 Å². The summed E-state index contributed by atoms with van der Waals surface area (Å²) >= 11 is 1.60. The van der Waals surface area contributed by atoms with Gasteiger partial charge >= 0.3 is 0 Å². The van der Waals surface area contributed by atoms with Crippen LogP contribution in [0.4, 0.5) is 0 Å². The van der Waals surface area contributed by atoms with Gasteiger partial charge in [-0.1, -0.05) is 18.2 Å². The SMILES string of the molecule is O=c1ccn(Cn2cc(-c3nccs3)c3ccccc32)cc1O. The van der Waals surface area contributed by atoms with Crippen LogP contribution in [-0.2, 0) is 6.67 Å². The van der Waals surface area contributed by atoms with Gasteiger partial charge in [0.25, 0.3) is 0 Å². The molecule has 4 rings (SSSR count). The summed E-state index contributed by atoms with van der Waals surface area (Å²) in [5.41, 5.74) is 1.79. The van der Waals surface area contributed by atoms with Crippen molar-refractivity contribution in [2.24, 2.45) is 0 Å². The number of hydrogen-bond acceptors (Lipinski definition) is 4. The fourth-order valence-electron chi connectivity index (χ4n) is 2.67. The highest BCUT2D eigenvalue weighted by Crippen LogP contribution is 2.31. The Bertz CT molecular complexity index is 1030. The zero-order valence-corrected chi connectivity index (χ0v) is 12.9. The molecule has 0 aliphatic carbocycles. The molecule has 0 radical (unpaired) electrons. The smallest absolute Gasteiger partial charge is 0.223 e. The van der Waals surface area contributed by atoms with Crippen molar-refractivity contribution in [2.45, 2.75) is 6.67 Å². The maximum Gasteiger partial charge on any atom is 0.223 e. The van der Waals surface area contributed by atoms with Crippen LogP contribution in [-0.4, -0.2) is 19.2 Å². The van der Waals surface area contributed by atoms with Gasteiger partial charge in [0.05, 0.1) is 18.4 Å². The summed E-state index contributed by atoms with van der Waals surface area (Å²) in [5, 5.41) is 13.7. The van der Waals surface area contributed by atoms with Gasteiger partial charge < -0.3 is 14.2 Å². The number of nitrogens with zero attached hydrogens (tertiary/aromatic N) is 3. The lowest BCUT2D eigenvalue weighted by Gasteiger charge is -2.09. The van der Waals surface area contributed by atoms with Crippen molar-refractivity contribution in [1.29, 1.82) is 0 Å². The van der Waals surface area contributed by atoms with E-state index in [0.29, 0.717) is 6.67 Å². The Morgan fingerprint density at radius 2 is 2.04 bits per heavy atom. The van der Waals surface area contributed by atoms with Crippen molar-refractivity contribution in [1.82, 2.24) is 14.1 Å². The molecular weight excluding hydrogens is 310 g/mol.